The topological polar surface area (TPSA) is 112 Å². The number of aromatic nitrogens is 1. The van der Waals surface area contributed by atoms with Crippen LogP contribution in [0.2, 0.25) is 0 Å². The van der Waals surface area contributed by atoms with Crippen molar-refractivity contribution in [2.75, 3.05) is 6.54 Å². The van der Waals surface area contributed by atoms with E-state index < -0.39 is 18.3 Å². The van der Waals surface area contributed by atoms with Crippen molar-refractivity contribution in [1.29, 1.82) is 0 Å². The number of alkyl carbamates (subject to hydrolysis) is 1. The van der Waals surface area contributed by atoms with Gasteiger partial charge in [-0.25, -0.2) is 4.79 Å². The molecule has 146 valence electrons. The average Bonchev–Trinajstić information content (AvgIpc) is 2.71. The zero-order valence-electron chi connectivity index (χ0n) is 15.2. The molecule has 0 aliphatic carbocycles. The standard InChI is InChI=1S/C21H22N2O5/c24-18(8-9-22-21(27)28-13-14-4-2-1-3-5-14)20(26)15-6-7-16-12-23-19(25)11-17(16)10-15/h1-7,10-12,18,20,24,26H,8-9,13H2,(H,22,27)(H,23,25). The highest BCUT2D eigenvalue weighted by Crippen LogP contribution is 2.22. The van der Waals surface area contributed by atoms with E-state index in [1.165, 1.54) is 6.07 Å². The van der Waals surface area contributed by atoms with Crippen molar-refractivity contribution < 1.29 is 19.7 Å². The summed E-state index contributed by atoms with van der Waals surface area (Å²) in [5, 5.41) is 24.6. The van der Waals surface area contributed by atoms with E-state index in [-0.39, 0.29) is 25.1 Å². The van der Waals surface area contributed by atoms with E-state index in [9.17, 15) is 19.8 Å². The maximum absolute atomic E-state index is 11.7. The second-order valence-electron chi connectivity index (χ2n) is 6.47. The number of aromatic amines is 1. The SMILES string of the molecule is O=C(NCCC(O)C(O)c1ccc2c[nH]c(=O)cc2c1)OCc1ccccc1. The molecule has 0 bridgehead atoms. The highest BCUT2D eigenvalue weighted by atomic mass is 16.5. The number of hydrogen-bond acceptors (Lipinski definition) is 5. The molecule has 2 atom stereocenters. The Morgan fingerprint density at radius 2 is 1.86 bits per heavy atom. The van der Waals surface area contributed by atoms with Crippen LogP contribution in [-0.2, 0) is 11.3 Å². The average molecular weight is 382 g/mol. The van der Waals surface area contributed by atoms with Crippen LogP contribution in [0.3, 0.4) is 0 Å². The Balaban J connectivity index is 1.48. The summed E-state index contributed by atoms with van der Waals surface area (Å²) in [6.07, 6.45) is -1.06. The van der Waals surface area contributed by atoms with Crippen LogP contribution in [0.15, 0.2) is 65.6 Å². The number of rotatable bonds is 7. The molecule has 7 heteroatoms. The first-order valence-corrected chi connectivity index (χ1v) is 8.96. The van der Waals surface area contributed by atoms with Crippen molar-refractivity contribution in [3.05, 3.63) is 82.3 Å². The number of fused-ring (bicyclic) bond motifs is 1. The van der Waals surface area contributed by atoms with E-state index in [4.69, 9.17) is 4.74 Å². The third-order valence-electron chi connectivity index (χ3n) is 4.40. The monoisotopic (exact) mass is 382 g/mol. The van der Waals surface area contributed by atoms with E-state index >= 15 is 0 Å². The van der Waals surface area contributed by atoms with Crippen LogP contribution in [0, 0.1) is 0 Å². The molecule has 3 rings (SSSR count). The molecule has 4 N–H and O–H groups in total. The molecule has 0 spiro atoms. The predicted molar refractivity (Wildman–Crippen MR) is 105 cm³/mol. The van der Waals surface area contributed by atoms with Crippen LogP contribution in [0.5, 0.6) is 0 Å². The molecular formula is C21H22N2O5. The van der Waals surface area contributed by atoms with Crippen LogP contribution in [0.25, 0.3) is 10.8 Å². The van der Waals surface area contributed by atoms with Gasteiger partial charge in [0.1, 0.15) is 12.7 Å². The van der Waals surface area contributed by atoms with Crippen molar-refractivity contribution in [3.63, 3.8) is 0 Å². The lowest BCUT2D eigenvalue weighted by atomic mass is 9.99. The molecule has 0 radical (unpaired) electrons. The van der Waals surface area contributed by atoms with Crippen molar-refractivity contribution in [2.45, 2.75) is 25.2 Å². The fourth-order valence-corrected chi connectivity index (χ4v) is 2.84. The van der Waals surface area contributed by atoms with Crippen LogP contribution < -0.4 is 10.9 Å². The molecular weight excluding hydrogens is 360 g/mol. The van der Waals surface area contributed by atoms with Gasteiger partial charge < -0.3 is 25.3 Å². The first kappa shape index (κ1) is 19.6. The summed E-state index contributed by atoms with van der Waals surface area (Å²) in [5.41, 5.74) is 1.14. The number of hydrogen-bond donors (Lipinski definition) is 4. The fourth-order valence-electron chi connectivity index (χ4n) is 2.84. The Bertz CT molecular complexity index is 987. The zero-order chi connectivity index (χ0) is 19.9. The highest BCUT2D eigenvalue weighted by molar-refractivity contribution is 5.82. The zero-order valence-corrected chi connectivity index (χ0v) is 15.2. The van der Waals surface area contributed by atoms with Gasteiger partial charge in [0.25, 0.3) is 0 Å². The fraction of sp³-hybridized carbons (Fsp3) is 0.238. The summed E-state index contributed by atoms with van der Waals surface area (Å²) >= 11 is 0. The number of H-pyrrole nitrogens is 1. The van der Waals surface area contributed by atoms with Crippen LogP contribution in [0.1, 0.15) is 23.7 Å². The third kappa shape index (κ3) is 5.18. The summed E-state index contributed by atoms with van der Waals surface area (Å²) in [7, 11) is 0. The quantitative estimate of drug-likeness (QED) is 0.501. The molecule has 0 aliphatic heterocycles. The molecule has 1 heterocycles. The van der Waals surface area contributed by atoms with Crippen LogP contribution in [-0.4, -0.2) is 33.9 Å². The van der Waals surface area contributed by atoms with E-state index in [0.717, 1.165) is 10.9 Å². The van der Waals surface area contributed by atoms with Gasteiger partial charge in [0.2, 0.25) is 5.56 Å². The number of carbonyl (C=O) groups is 1. The molecule has 3 aromatic rings. The number of nitrogens with one attached hydrogen (secondary N) is 2. The Morgan fingerprint density at radius 3 is 2.64 bits per heavy atom. The minimum atomic E-state index is -1.13. The Morgan fingerprint density at radius 1 is 1.07 bits per heavy atom. The largest absolute Gasteiger partial charge is 0.445 e. The normalized spacial score (nSPS) is 13.1. The molecule has 0 aliphatic rings. The van der Waals surface area contributed by atoms with Crippen molar-refractivity contribution in [2.24, 2.45) is 0 Å². The van der Waals surface area contributed by atoms with Crippen molar-refractivity contribution in [3.8, 4) is 0 Å². The summed E-state index contributed by atoms with van der Waals surface area (Å²) in [4.78, 5) is 25.7. The van der Waals surface area contributed by atoms with E-state index in [1.54, 1.807) is 24.4 Å². The summed E-state index contributed by atoms with van der Waals surface area (Å²) < 4.78 is 5.09. The smallest absolute Gasteiger partial charge is 0.407 e. The molecule has 1 amide bonds. The summed E-state index contributed by atoms with van der Waals surface area (Å²) in [5.74, 6) is 0. The highest BCUT2D eigenvalue weighted by Gasteiger charge is 2.19. The van der Waals surface area contributed by atoms with Gasteiger partial charge in [-0.2, -0.15) is 0 Å². The van der Waals surface area contributed by atoms with Gasteiger partial charge in [-0.1, -0.05) is 42.5 Å². The minimum absolute atomic E-state index is 0.148. The van der Waals surface area contributed by atoms with Gasteiger partial charge >= 0.3 is 6.09 Å². The van der Waals surface area contributed by atoms with E-state index in [0.29, 0.717) is 10.9 Å². The Hall–Kier alpha value is -3.16. The van der Waals surface area contributed by atoms with Gasteiger partial charge in [-0.05, 0) is 34.4 Å². The lowest BCUT2D eigenvalue weighted by molar-refractivity contribution is 0.0137. The Kier molecular flexibility index (Phi) is 6.41. The van der Waals surface area contributed by atoms with E-state index in [2.05, 4.69) is 10.3 Å². The first-order valence-electron chi connectivity index (χ1n) is 8.96. The van der Waals surface area contributed by atoms with Gasteiger partial charge in [-0.3, -0.25) is 4.79 Å². The number of carbonyl (C=O) groups excluding carboxylic acids is 1. The maximum atomic E-state index is 11.7. The van der Waals surface area contributed by atoms with Gasteiger partial charge in [0, 0.05) is 18.8 Å². The lowest BCUT2D eigenvalue weighted by Gasteiger charge is -2.19. The number of pyridine rings is 1. The molecule has 2 aromatic carbocycles. The molecule has 28 heavy (non-hydrogen) atoms. The van der Waals surface area contributed by atoms with Crippen molar-refractivity contribution in [1.82, 2.24) is 10.3 Å². The van der Waals surface area contributed by atoms with Gasteiger partial charge in [0.15, 0.2) is 0 Å². The number of benzene rings is 2. The number of aliphatic hydroxyl groups excluding tert-OH is 2. The number of amides is 1. The summed E-state index contributed by atoms with van der Waals surface area (Å²) in [6.45, 7) is 0.313. The van der Waals surface area contributed by atoms with Gasteiger partial charge in [-0.15, -0.1) is 0 Å². The molecule has 0 saturated carbocycles. The predicted octanol–water partition coefficient (Wildman–Crippen LogP) is 2.24. The minimum Gasteiger partial charge on any atom is -0.445 e. The summed E-state index contributed by atoms with van der Waals surface area (Å²) in [6, 6.07) is 15.8. The third-order valence-corrected chi connectivity index (χ3v) is 4.40. The lowest BCUT2D eigenvalue weighted by Crippen LogP contribution is -2.29. The van der Waals surface area contributed by atoms with Crippen molar-refractivity contribution >= 4 is 16.9 Å². The van der Waals surface area contributed by atoms with Crippen LogP contribution in [0.4, 0.5) is 4.79 Å². The van der Waals surface area contributed by atoms with Gasteiger partial charge in [0.05, 0.1) is 6.10 Å². The number of aliphatic hydroxyl groups is 2. The van der Waals surface area contributed by atoms with Crippen LogP contribution >= 0.6 is 0 Å². The van der Waals surface area contributed by atoms with E-state index in [1.807, 2.05) is 30.3 Å². The molecule has 1 aromatic heterocycles. The number of ether oxygens (including phenoxy) is 1. The molecule has 0 fully saturated rings. The molecule has 0 saturated heterocycles. The second-order valence-corrected chi connectivity index (χ2v) is 6.47. The Labute approximate surface area is 161 Å². The molecule has 7 nitrogen and oxygen atoms in total. The second kappa shape index (κ2) is 9.16. The maximum Gasteiger partial charge on any atom is 0.407 e. The molecule has 2 unspecified atom stereocenters. The first-order chi connectivity index (χ1) is 13.5.